The normalized spacial score (nSPS) is 12.4. The van der Waals surface area contributed by atoms with Crippen LogP contribution in [0.4, 0.5) is 0 Å². The van der Waals surface area contributed by atoms with Gasteiger partial charge in [-0.2, -0.15) is 0 Å². The van der Waals surface area contributed by atoms with Gasteiger partial charge >= 0.3 is 0 Å². The Bertz CT molecular complexity index is 568. The molecule has 0 heterocycles. The van der Waals surface area contributed by atoms with Crippen molar-refractivity contribution in [1.82, 2.24) is 0 Å². The van der Waals surface area contributed by atoms with Crippen LogP contribution in [0.2, 0.25) is 0 Å². The topological polar surface area (TPSA) is 0 Å². The van der Waals surface area contributed by atoms with Crippen molar-refractivity contribution in [3.63, 3.8) is 0 Å². The summed E-state index contributed by atoms with van der Waals surface area (Å²) in [6, 6.07) is 11.5. The third-order valence-electron chi connectivity index (χ3n) is 3.71. The Morgan fingerprint density at radius 1 is 0.889 bits per heavy atom. The van der Waals surface area contributed by atoms with Crippen molar-refractivity contribution in [2.24, 2.45) is 0 Å². The van der Waals surface area contributed by atoms with E-state index in [1.54, 1.807) is 0 Å². The van der Waals surface area contributed by atoms with Gasteiger partial charge in [0.2, 0.25) is 0 Å². The summed E-state index contributed by atoms with van der Waals surface area (Å²) < 4.78 is 0. The van der Waals surface area contributed by atoms with Crippen LogP contribution in [-0.2, 0) is 5.41 Å². The van der Waals surface area contributed by atoms with Crippen LogP contribution >= 0.6 is 0 Å². The summed E-state index contributed by atoms with van der Waals surface area (Å²) in [5.41, 5.74) is 4.50. The third-order valence-corrected chi connectivity index (χ3v) is 3.71. The Balaban J connectivity index is 2.65. The van der Waals surface area contributed by atoms with Gasteiger partial charge in [-0.25, -0.2) is 0 Å². The lowest BCUT2D eigenvalue weighted by atomic mass is 9.85. The Kier molecular flexibility index (Phi) is 3.23. The maximum atomic E-state index is 2.37. The predicted molar refractivity (Wildman–Crippen MR) is 81.5 cm³/mol. The molecule has 18 heavy (non-hydrogen) atoms. The summed E-state index contributed by atoms with van der Waals surface area (Å²) in [6.07, 6.45) is 0. The Morgan fingerprint density at radius 3 is 2.11 bits per heavy atom. The first-order valence-electron chi connectivity index (χ1n) is 6.84. The third kappa shape index (κ3) is 2.43. The summed E-state index contributed by atoms with van der Waals surface area (Å²) in [5.74, 6) is 0.590. The molecule has 2 rings (SSSR count). The smallest absolute Gasteiger partial charge is 0.0132 e. The van der Waals surface area contributed by atoms with Gasteiger partial charge in [-0.3, -0.25) is 0 Å². The molecular weight excluding hydrogens is 216 g/mol. The minimum atomic E-state index is 0.219. The molecule has 0 nitrogen and oxygen atoms in total. The molecule has 0 aliphatic carbocycles. The molecule has 0 N–H and O–H groups in total. The number of aryl methyl sites for hydroxylation is 1. The maximum Gasteiger partial charge on any atom is -0.0132 e. The second kappa shape index (κ2) is 4.42. The Hall–Kier alpha value is -1.30. The van der Waals surface area contributed by atoms with Crippen molar-refractivity contribution in [2.75, 3.05) is 0 Å². The van der Waals surface area contributed by atoms with Crippen LogP contribution in [0.5, 0.6) is 0 Å². The molecule has 2 aromatic rings. The largest absolute Gasteiger partial charge is 0.0587 e. The van der Waals surface area contributed by atoms with E-state index in [9.17, 15) is 0 Å². The molecule has 0 saturated carbocycles. The van der Waals surface area contributed by atoms with Gasteiger partial charge in [0.25, 0.3) is 0 Å². The quantitative estimate of drug-likeness (QED) is 0.611. The number of hydrogen-bond acceptors (Lipinski definition) is 0. The van der Waals surface area contributed by atoms with E-state index in [0.717, 1.165) is 0 Å². The van der Waals surface area contributed by atoms with Gasteiger partial charge in [-0.05, 0) is 45.7 Å². The molecule has 0 spiro atoms. The molecule has 96 valence electrons. The molecule has 0 aliphatic heterocycles. The van der Waals surface area contributed by atoms with Crippen molar-refractivity contribution in [1.29, 1.82) is 0 Å². The number of hydrogen-bond donors (Lipinski definition) is 0. The first kappa shape index (κ1) is 13.1. The van der Waals surface area contributed by atoms with E-state index < -0.39 is 0 Å². The number of benzene rings is 2. The molecule has 0 radical (unpaired) electrons. The molecular formula is C18H24. The minimum Gasteiger partial charge on any atom is -0.0587 e. The molecule has 0 bridgehead atoms. The van der Waals surface area contributed by atoms with Crippen molar-refractivity contribution in [3.8, 4) is 0 Å². The molecule has 0 fully saturated rings. The molecule has 2 aromatic carbocycles. The second-order valence-electron chi connectivity index (χ2n) is 6.68. The zero-order valence-corrected chi connectivity index (χ0v) is 12.5. The maximum absolute atomic E-state index is 2.37. The minimum absolute atomic E-state index is 0.219. The van der Waals surface area contributed by atoms with Gasteiger partial charge in [-0.15, -0.1) is 0 Å². The fraction of sp³-hybridized carbons (Fsp3) is 0.444. The van der Waals surface area contributed by atoms with Gasteiger partial charge in [0, 0.05) is 0 Å². The van der Waals surface area contributed by atoms with Gasteiger partial charge in [-0.1, -0.05) is 65.0 Å². The second-order valence-corrected chi connectivity index (χ2v) is 6.68. The van der Waals surface area contributed by atoms with Crippen LogP contribution in [0.3, 0.4) is 0 Å². The lowest BCUT2D eigenvalue weighted by molar-refractivity contribution is 0.591. The van der Waals surface area contributed by atoms with Crippen LogP contribution in [0, 0.1) is 6.92 Å². The molecule has 0 aromatic heterocycles. The van der Waals surface area contributed by atoms with Crippen molar-refractivity contribution in [2.45, 2.75) is 52.9 Å². The first-order chi connectivity index (χ1) is 8.29. The van der Waals surface area contributed by atoms with E-state index in [0.29, 0.717) is 5.92 Å². The molecule has 0 unspecified atom stereocenters. The number of fused-ring (bicyclic) bond motifs is 1. The average molecular weight is 240 g/mol. The van der Waals surface area contributed by atoms with E-state index in [2.05, 4.69) is 71.9 Å². The van der Waals surface area contributed by atoms with Gasteiger partial charge in [0.05, 0.1) is 0 Å². The van der Waals surface area contributed by atoms with E-state index in [4.69, 9.17) is 0 Å². The van der Waals surface area contributed by atoms with Crippen LogP contribution in [0.1, 0.15) is 57.2 Å². The molecule has 0 atom stereocenters. The molecule has 0 heteroatoms. The van der Waals surface area contributed by atoms with E-state index >= 15 is 0 Å². The SMILES string of the molecule is Cc1cc2ccc(C(C)(C)C)cc2cc1C(C)C. The lowest BCUT2D eigenvalue weighted by Crippen LogP contribution is -2.10. The summed E-state index contributed by atoms with van der Waals surface area (Å²) in [4.78, 5) is 0. The molecule has 0 aliphatic rings. The lowest BCUT2D eigenvalue weighted by Gasteiger charge is -2.20. The highest BCUT2D eigenvalue weighted by molar-refractivity contribution is 5.85. The summed E-state index contributed by atoms with van der Waals surface area (Å²) in [7, 11) is 0. The molecule has 0 amide bonds. The van der Waals surface area contributed by atoms with Crippen LogP contribution < -0.4 is 0 Å². The summed E-state index contributed by atoms with van der Waals surface area (Å²) >= 11 is 0. The van der Waals surface area contributed by atoms with Gasteiger partial charge in [0.15, 0.2) is 0 Å². The molecule has 0 saturated heterocycles. The highest BCUT2D eigenvalue weighted by Crippen LogP contribution is 2.29. The zero-order valence-electron chi connectivity index (χ0n) is 12.5. The highest BCUT2D eigenvalue weighted by atomic mass is 14.2. The fourth-order valence-corrected chi connectivity index (χ4v) is 2.52. The highest BCUT2D eigenvalue weighted by Gasteiger charge is 2.14. The van der Waals surface area contributed by atoms with Crippen molar-refractivity contribution < 1.29 is 0 Å². The first-order valence-corrected chi connectivity index (χ1v) is 6.84. The Labute approximate surface area is 111 Å². The average Bonchev–Trinajstić information content (AvgIpc) is 2.25. The Morgan fingerprint density at radius 2 is 1.56 bits per heavy atom. The fourth-order valence-electron chi connectivity index (χ4n) is 2.52. The van der Waals surface area contributed by atoms with Crippen molar-refractivity contribution in [3.05, 3.63) is 47.0 Å². The van der Waals surface area contributed by atoms with E-state index in [1.807, 2.05) is 0 Å². The van der Waals surface area contributed by atoms with Gasteiger partial charge < -0.3 is 0 Å². The van der Waals surface area contributed by atoms with Crippen LogP contribution in [0.25, 0.3) is 10.8 Å². The summed E-state index contributed by atoms with van der Waals surface area (Å²) in [5, 5.41) is 2.72. The monoisotopic (exact) mass is 240 g/mol. The van der Waals surface area contributed by atoms with E-state index in [1.165, 1.54) is 27.5 Å². The number of rotatable bonds is 1. The van der Waals surface area contributed by atoms with Crippen LogP contribution in [0.15, 0.2) is 30.3 Å². The van der Waals surface area contributed by atoms with E-state index in [-0.39, 0.29) is 5.41 Å². The van der Waals surface area contributed by atoms with Gasteiger partial charge in [0.1, 0.15) is 0 Å². The predicted octanol–water partition coefficient (Wildman–Crippen LogP) is 5.57. The standard InChI is InChI=1S/C18H24/c1-12(2)17-11-15-10-16(18(4,5)6)8-7-14(15)9-13(17)3/h7-12H,1-6H3. The summed E-state index contributed by atoms with van der Waals surface area (Å²) in [6.45, 7) is 13.6. The van der Waals surface area contributed by atoms with Crippen LogP contribution in [-0.4, -0.2) is 0 Å². The van der Waals surface area contributed by atoms with Crippen molar-refractivity contribution >= 4 is 10.8 Å². The zero-order chi connectivity index (χ0) is 13.5.